The van der Waals surface area contributed by atoms with Crippen LogP contribution in [0.5, 0.6) is 11.5 Å². The minimum absolute atomic E-state index is 0.291. The van der Waals surface area contributed by atoms with E-state index in [9.17, 15) is 9.59 Å². The number of carbonyl (C=O) groups excluding carboxylic acids is 2. The first-order valence-electron chi connectivity index (χ1n) is 7.76. The van der Waals surface area contributed by atoms with Crippen LogP contribution in [0.1, 0.15) is 15.9 Å². The lowest BCUT2D eigenvalue weighted by atomic mass is 10.2. The summed E-state index contributed by atoms with van der Waals surface area (Å²) in [4.78, 5) is 24.2. The summed E-state index contributed by atoms with van der Waals surface area (Å²) in [6.07, 6.45) is 0. The molecule has 0 unspecified atom stereocenters. The normalized spacial score (nSPS) is 12.4. The lowest BCUT2D eigenvalue weighted by Gasteiger charge is -2.18. The molecular formula is C18H15Br2NO5. The Morgan fingerprint density at radius 2 is 1.73 bits per heavy atom. The Morgan fingerprint density at radius 3 is 2.42 bits per heavy atom. The van der Waals surface area contributed by atoms with E-state index in [1.807, 2.05) is 19.1 Å². The van der Waals surface area contributed by atoms with Crippen molar-refractivity contribution >= 4 is 49.4 Å². The molecule has 2 aromatic carbocycles. The highest BCUT2D eigenvalue weighted by Crippen LogP contribution is 2.32. The SMILES string of the molecule is Cc1cc(Br)c(NC(=O)COC(=O)c2ccc3c(c2)OCCO3)c(Br)c1. The number of nitrogens with one attached hydrogen (secondary N) is 1. The number of halogens is 2. The number of aryl methyl sites for hydroxylation is 1. The van der Waals surface area contributed by atoms with Crippen molar-refractivity contribution in [1.82, 2.24) is 0 Å². The predicted molar refractivity (Wildman–Crippen MR) is 103 cm³/mol. The number of esters is 1. The van der Waals surface area contributed by atoms with Gasteiger partial charge in [-0.05, 0) is 74.7 Å². The number of rotatable bonds is 4. The Kier molecular flexibility index (Phi) is 5.83. The molecule has 0 radical (unpaired) electrons. The molecule has 0 saturated heterocycles. The predicted octanol–water partition coefficient (Wildman–Crippen LogP) is 4.09. The van der Waals surface area contributed by atoms with Crippen molar-refractivity contribution < 1.29 is 23.8 Å². The van der Waals surface area contributed by atoms with E-state index in [-0.39, 0.29) is 0 Å². The molecule has 2 aromatic rings. The monoisotopic (exact) mass is 483 g/mol. The lowest BCUT2D eigenvalue weighted by molar-refractivity contribution is -0.119. The molecule has 0 atom stereocenters. The standard InChI is InChI=1S/C18H15Br2NO5/c1-10-6-12(19)17(13(20)7-10)21-16(22)9-26-18(23)11-2-3-14-15(8-11)25-5-4-24-14/h2-3,6-8H,4-5,9H2,1H3,(H,21,22). The Morgan fingerprint density at radius 1 is 1.08 bits per heavy atom. The van der Waals surface area contributed by atoms with Crippen LogP contribution >= 0.6 is 31.9 Å². The maximum atomic E-state index is 12.1. The van der Waals surface area contributed by atoms with Gasteiger partial charge in [0.05, 0.1) is 11.3 Å². The molecule has 26 heavy (non-hydrogen) atoms. The smallest absolute Gasteiger partial charge is 0.338 e. The number of amides is 1. The van der Waals surface area contributed by atoms with Crippen LogP contribution in [-0.4, -0.2) is 31.7 Å². The topological polar surface area (TPSA) is 73.9 Å². The van der Waals surface area contributed by atoms with Crippen LogP contribution in [-0.2, 0) is 9.53 Å². The Balaban J connectivity index is 1.60. The maximum Gasteiger partial charge on any atom is 0.338 e. The summed E-state index contributed by atoms with van der Waals surface area (Å²) < 4.78 is 17.4. The minimum atomic E-state index is -0.612. The summed E-state index contributed by atoms with van der Waals surface area (Å²) in [6.45, 7) is 2.44. The van der Waals surface area contributed by atoms with Gasteiger partial charge in [-0.2, -0.15) is 0 Å². The molecule has 0 saturated carbocycles. The Hall–Kier alpha value is -2.06. The molecule has 1 N–H and O–H groups in total. The molecule has 136 valence electrons. The number of fused-ring (bicyclic) bond motifs is 1. The first-order valence-corrected chi connectivity index (χ1v) is 9.35. The molecule has 0 bridgehead atoms. The van der Waals surface area contributed by atoms with Gasteiger partial charge in [-0.3, -0.25) is 4.79 Å². The number of ether oxygens (including phenoxy) is 3. The molecule has 0 aromatic heterocycles. The third-order valence-corrected chi connectivity index (χ3v) is 4.81. The van der Waals surface area contributed by atoms with Crippen molar-refractivity contribution in [2.45, 2.75) is 6.92 Å². The molecule has 1 aliphatic rings. The van der Waals surface area contributed by atoms with E-state index in [1.54, 1.807) is 18.2 Å². The van der Waals surface area contributed by atoms with Gasteiger partial charge in [0.15, 0.2) is 18.1 Å². The van der Waals surface area contributed by atoms with Crippen LogP contribution in [0.2, 0.25) is 0 Å². The number of hydrogen-bond acceptors (Lipinski definition) is 5. The van der Waals surface area contributed by atoms with Crippen LogP contribution in [0.3, 0.4) is 0 Å². The zero-order valence-electron chi connectivity index (χ0n) is 13.8. The average molecular weight is 485 g/mol. The number of hydrogen-bond donors (Lipinski definition) is 1. The average Bonchev–Trinajstić information content (AvgIpc) is 2.62. The highest BCUT2D eigenvalue weighted by Gasteiger charge is 2.17. The van der Waals surface area contributed by atoms with Crippen molar-refractivity contribution in [3.63, 3.8) is 0 Å². The molecule has 3 rings (SSSR count). The molecule has 8 heteroatoms. The zero-order valence-corrected chi connectivity index (χ0v) is 17.0. The van der Waals surface area contributed by atoms with Crippen LogP contribution in [0.15, 0.2) is 39.3 Å². The largest absolute Gasteiger partial charge is 0.486 e. The summed E-state index contributed by atoms with van der Waals surface area (Å²) >= 11 is 6.80. The fraction of sp³-hybridized carbons (Fsp3) is 0.222. The van der Waals surface area contributed by atoms with Gasteiger partial charge >= 0.3 is 5.97 Å². The van der Waals surface area contributed by atoms with Crippen LogP contribution in [0.25, 0.3) is 0 Å². The second-order valence-electron chi connectivity index (χ2n) is 5.59. The van der Waals surface area contributed by atoms with E-state index in [4.69, 9.17) is 14.2 Å². The van der Waals surface area contributed by atoms with E-state index >= 15 is 0 Å². The fourth-order valence-electron chi connectivity index (χ4n) is 2.38. The van der Waals surface area contributed by atoms with E-state index in [0.29, 0.717) is 36.0 Å². The minimum Gasteiger partial charge on any atom is -0.486 e. The zero-order chi connectivity index (χ0) is 18.7. The van der Waals surface area contributed by atoms with Crippen molar-refractivity contribution in [1.29, 1.82) is 0 Å². The number of benzene rings is 2. The fourth-order valence-corrected chi connectivity index (χ4v) is 3.99. The molecule has 1 aliphatic heterocycles. The van der Waals surface area contributed by atoms with Crippen molar-refractivity contribution in [3.8, 4) is 11.5 Å². The second-order valence-corrected chi connectivity index (χ2v) is 7.29. The summed E-state index contributed by atoms with van der Waals surface area (Å²) in [5, 5.41) is 2.71. The third kappa shape index (κ3) is 4.37. The van der Waals surface area contributed by atoms with E-state index < -0.39 is 18.5 Å². The molecule has 6 nitrogen and oxygen atoms in total. The first kappa shape index (κ1) is 18.7. The van der Waals surface area contributed by atoms with Gasteiger partial charge in [-0.15, -0.1) is 0 Å². The maximum absolute atomic E-state index is 12.1. The Bertz CT molecular complexity index is 846. The van der Waals surface area contributed by atoms with Gasteiger partial charge < -0.3 is 19.5 Å². The van der Waals surface area contributed by atoms with Gasteiger partial charge in [0.2, 0.25) is 0 Å². The van der Waals surface area contributed by atoms with Gasteiger partial charge in [0, 0.05) is 8.95 Å². The first-order chi connectivity index (χ1) is 12.4. The van der Waals surface area contributed by atoms with Crippen LogP contribution < -0.4 is 14.8 Å². The molecule has 0 spiro atoms. The van der Waals surface area contributed by atoms with Gasteiger partial charge in [0.1, 0.15) is 13.2 Å². The summed E-state index contributed by atoms with van der Waals surface area (Å²) in [6, 6.07) is 8.51. The molecule has 0 fully saturated rings. The third-order valence-electron chi connectivity index (χ3n) is 3.56. The van der Waals surface area contributed by atoms with E-state index in [2.05, 4.69) is 37.2 Å². The van der Waals surface area contributed by atoms with Gasteiger partial charge in [-0.25, -0.2) is 4.79 Å². The molecule has 1 amide bonds. The van der Waals surface area contributed by atoms with Gasteiger partial charge in [-0.1, -0.05) is 0 Å². The second kappa shape index (κ2) is 8.09. The highest BCUT2D eigenvalue weighted by molar-refractivity contribution is 9.11. The van der Waals surface area contributed by atoms with E-state index in [1.165, 1.54) is 0 Å². The Labute approximate surface area is 167 Å². The van der Waals surface area contributed by atoms with Crippen LogP contribution in [0.4, 0.5) is 5.69 Å². The lowest BCUT2D eigenvalue weighted by Crippen LogP contribution is -2.21. The van der Waals surface area contributed by atoms with Gasteiger partial charge in [0.25, 0.3) is 5.91 Å². The summed E-state index contributed by atoms with van der Waals surface area (Å²) in [5.41, 5.74) is 1.91. The van der Waals surface area contributed by atoms with Crippen molar-refractivity contribution in [2.24, 2.45) is 0 Å². The summed E-state index contributed by atoms with van der Waals surface area (Å²) in [7, 11) is 0. The molecular weight excluding hydrogens is 470 g/mol. The van der Waals surface area contributed by atoms with Crippen LogP contribution in [0, 0.1) is 6.92 Å². The quantitative estimate of drug-likeness (QED) is 0.661. The van der Waals surface area contributed by atoms with E-state index in [0.717, 1.165) is 14.5 Å². The molecule has 0 aliphatic carbocycles. The van der Waals surface area contributed by atoms with Crippen molar-refractivity contribution in [3.05, 3.63) is 50.4 Å². The molecule has 1 heterocycles. The number of carbonyl (C=O) groups is 2. The van der Waals surface area contributed by atoms with Crippen molar-refractivity contribution in [2.75, 3.05) is 25.1 Å². The number of anilines is 1. The highest BCUT2D eigenvalue weighted by atomic mass is 79.9. The summed E-state index contributed by atoms with van der Waals surface area (Å²) in [5.74, 6) is 0.0163.